The summed E-state index contributed by atoms with van der Waals surface area (Å²) in [7, 11) is 0. The first-order valence-corrected chi connectivity index (χ1v) is 17.1. The summed E-state index contributed by atoms with van der Waals surface area (Å²) >= 11 is 0. The van der Waals surface area contributed by atoms with Gasteiger partial charge in [0, 0.05) is 12.6 Å². The van der Waals surface area contributed by atoms with E-state index in [2.05, 4.69) is 55.8 Å². The van der Waals surface area contributed by atoms with Crippen LogP contribution in [0.2, 0.25) is 0 Å². The average Bonchev–Trinajstić information content (AvgIpc) is 3.27. The van der Waals surface area contributed by atoms with Crippen molar-refractivity contribution in [2.45, 2.75) is 118 Å². The molecule has 3 aliphatic rings. The Morgan fingerprint density at radius 3 is 2.20 bits per heavy atom. The number of benzene rings is 1. The van der Waals surface area contributed by atoms with Gasteiger partial charge in [-0.25, -0.2) is 4.79 Å². The van der Waals surface area contributed by atoms with Crippen molar-refractivity contribution < 1.29 is 24.0 Å². The summed E-state index contributed by atoms with van der Waals surface area (Å²) in [4.78, 5) is 67.8. The zero-order valence-electron chi connectivity index (χ0n) is 28.7. The van der Waals surface area contributed by atoms with E-state index >= 15 is 0 Å². The topological polar surface area (TPSA) is 151 Å². The number of fused-ring (bicyclic) bond motifs is 1. The summed E-state index contributed by atoms with van der Waals surface area (Å²) in [5.41, 5.74) is 5.81. The Kier molecular flexibility index (Phi) is 10.9. The van der Waals surface area contributed by atoms with Crippen molar-refractivity contribution in [1.82, 2.24) is 20.9 Å². The summed E-state index contributed by atoms with van der Waals surface area (Å²) in [5.74, 6) is -2.17. The van der Waals surface area contributed by atoms with Gasteiger partial charge in [0.25, 0.3) is 5.91 Å². The molecular formula is C36H55N5O5. The largest absolute Gasteiger partial charge is 0.363 e. The lowest BCUT2D eigenvalue weighted by atomic mass is 9.80. The Hall–Kier alpha value is -3.43. The number of ketones is 1. The highest BCUT2D eigenvalue weighted by Gasteiger charge is 2.70. The lowest BCUT2D eigenvalue weighted by molar-refractivity contribution is -0.145. The van der Waals surface area contributed by atoms with Gasteiger partial charge in [-0.1, -0.05) is 98.1 Å². The molecule has 1 aromatic carbocycles. The van der Waals surface area contributed by atoms with Gasteiger partial charge in [0.05, 0.1) is 6.04 Å². The Bertz CT molecular complexity index is 1290. The van der Waals surface area contributed by atoms with E-state index in [9.17, 15) is 24.0 Å². The molecule has 1 aromatic rings. The van der Waals surface area contributed by atoms with Crippen LogP contribution in [0.1, 0.15) is 92.6 Å². The van der Waals surface area contributed by atoms with Crippen molar-refractivity contribution in [3.8, 4) is 0 Å². The predicted octanol–water partition coefficient (Wildman–Crippen LogP) is 3.96. The van der Waals surface area contributed by atoms with Crippen LogP contribution in [0.15, 0.2) is 30.3 Å². The molecule has 0 bridgehead atoms. The number of carbonyl (C=O) groups excluding carboxylic acids is 5. The molecule has 5 N–H and O–H groups in total. The normalized spacial score (nSPS) is 23.8. The monoisotopic (exact) mass is 637 g/mol. The number of piperidine rings is 1. The van der Waals surface area contributed by atoms with E-state index in [1.54, 1.807) is 4.90 Å². The first-order valence-electron chi connectivity index (χ1n) is 17.1. The second-order valence-corrected chi connectivity index (χ2v) is 15.9. The number of rotatable bonds is 14. The highest BCUT2D eigenvalue weighted by Crippen LogP contribution is 2.65. The second-order valence-electron chi connectivity index (χ2n) is 15.9. The van der Waals surface area contributed by atoms with Gasteiger partial charge < -0.3 is 26.6 Å². The maximum atomic E-state index is 14.3. The van der Waals surface area contributed by atoms with Gasteiger partial charge in [-0.15, -0.1) is 0 Å². The molecule has 10 nitrogen and oxygen atoms in total. The number of aryl methyl sites for hydroxylation is 1. The molecule has 254 valence electrons. The summed E-state index contributed by atoms with van der Waals surface area (Å²) in [6.07, 6.45) is 5.93. The quantitative estimate of drug-likeness (QED) is 0.228. The number of nitrogens with zero attached hydrogens (tertiary/aromatic N) is 1. The lowest BCUT2D eigenvalue weighted by Crippen LogP contribution is -2.62. The minimum absolute atomic E-state index is 0.0754. The molecular weight excluding hydrogens is 582 g/mol. The predicted molar refractivity (Wildman–Crippen MR) is 177 cm³/mol. The van der Waals surface area contributed by atoms with Crippen LogP contribution in [0.25, 0.3) is 0 Å². The Morgan fingerprint density at radius 2 is 1.65 bits per heavy atom. The van der Waals surface area contributed by atoms with Crippen LogP contribution in [0.3, 0.4) is 0 Å². The van der Waals surface area contributed by atoms with Crippen LogP contribution in [-0.2, 0) is 25.6 Å². The number of Topliss-reactive ketones (excluding diaryl/α,β-unsaturated/α-hetero) is 1. The molecule has 3 fully saturated rings. The van der Waals surface area contributed by atoms with E-state index in [0.29, 0.717) is 13.0 Å². The van der Waals surface area contributed by atoms with E-state index in [-0.39, 0.29) is 41.0 Å². The fourth-order valence-electron chi connectivity index (χ4n) is 7.43. The summed E-state index contributed by atoms with van der Waals surface area (Å²) in [6.45, 7) is 14.4. The fraction of sp³-hybridized carbons (Fsp3) is 0.694. The molecule has 0 aromatic heterocycles. The number of urea groups is 1. The van der Waals surface area contributed by atoms with Crippen LogP contribution in [0.5, 0.6) is 0 Å². The number of primary amides is 1. The first-order chi connectivity index (χ1) is 21.5. The van der Waals surface area contributed by atoms with Crippen LogP contribution in [0, 0.1) is 34.5 Å². The number of nitrogens with one attached hydrogen (secondary N) is 3. The summed E-state index contributed by atoms with van der Waals surface area (Å²) < 4.78 is 0. The molecule has 4 rings (SSSR count). The Labute approximate surface area is 274 Å². The molecule has 2 saturated carbocycles. The molecule has 46 heavy (non-hydrogen) atoms. The molecule has 10 heteroatoms. The van der Waals surface area contributed by atoms with Crippen LogP contribution in [-0.4, -0.2) is 65.1 Å². The van der Waals surface area contributed by atoms with Crippen molar-refractivity contribution in [1.29, 1.82) is 0 Å². The van der Waals surface area contributed by atoms with Crippen molar-refractivity contribution in [3.05, 3.63) is 35.9 Å². The third-order valence-electron chi connectivity index (χ3n) is 10.8. The minimum Gasteiger partial charge on any atom is -0.363 e. The molecule has 5 amide bonds. The van der Waals surface area contributed by atoms with E-state index in [1.807, 2.05) is 39.0 Å². The van der Waals surface area contributed by atoms with E-state index in [0.717, 1.165) is 38.5 Å². The molecule has 6 atom stereocenters. The van der Waals surface area contributed by atoms with Crippen LogP contribution in [0.4, 0.5) is 4.79 Å². The standard InChI is InChI=1S/C36H55N5O5/c1-21(2)25(18-12-15-22-13-9-8-10-14-22)39-34(46)40-30(35(3,4)5)33(45)41-20-24-27(36(24,6)7)28(41)32(44)38-26(29(42)31(37)43)19-23-16-11-17-23/h8-10,13-14,21,23-28,30H,11-12,15-20H2,1-7H3,(H2,37,43)(H,38,44)(H2,39,40,46)/t24?,25-,26?,27+,28+,30-/m1/s1. The van der Waals surface area contributed by atoms with Crippen molar-refractivity contribution >= 4 is 29.5 Å². The minimum atomic E-state index is -1.07. The number of carbonyl (C=O) groups is 5. The van der Waals surface area contributed by atoms with Gasteiger partial charge in [-0.3, -0.25) is 19.2 Å². The number of nitrogens with two attached hydrogens (primary N) is 1. The number of amides is 5. The molecule has 0 radical (unpaired) electrons. The zero-order chi connectivity index (χ0) is 34.0. The molecule has 1 saturated heterocycles. The summed E-state index contributed by atoms with van der Waals surface area (Å²) in [5, 5.41) is 8.90. The highest BCUT2D eigenvalue weighted by molar-refractivity contribution is 6.37. The van der Waals surface area contributed by atoms with Gasteiger partial charge in [0.1, 0.15) is 12.1 Å². The Balaban J connectivity index is 1.46. The van der Waals surface area contributed by atoms with Gasteiger partial charge in [0.2, 0.25) is 17.6 Å². The number of likely N-dealkylation sites (tertiary alicyclic amines) is 1. The van der Waals surface area contributed by atoms with E-state index in [4.69, 9.17) is 5.73 Å². The SMILES string of the molecule is CC(C)[C@@H](CCCc1ccccc1)NC(=O)N[C@H](C(=O)N1CC2[C@@H]([C@H]1C(=O)NC(CC1CCC1)C(=O)C(N)=O)C2(C)C)C(C)(C)C. The molecule has 0 spiro atoms. The van der Waals surface area contributed by atoms with Crippen LogP contribution >= 0.6 is 0 Å². The van der Waals surface area contributed by atoms with Crippen molar-refractivity contribution in [2.75, 3.05) is 6.54 Å². The van der Waals surface area contributed by atoms with Crippen molar-refractivity contribution in [3.63, 3.8) is 0 Å². The molecule has 1 aliphatic heterocycles. The van der Waals surface area contributed by atoms with E-state index < -0.39 is 47.2 Å². The zero-order valence-corrected chi connectivity index (χ0v) is 28.7. The fourth-order valence-corrected chi connectivity index (χ4v) is 7.43. The Morgan fingerprint density at radius 1 is 1.00 bits per heavy atom. The van der Waals surface area contributed by atoms with Gasteiger partial charge >= 0.3 is 6.03 Å². The van der Waals surface area contributed by atoms with Gasteiger partial charge in [0.15, 0.2) is 0 Å². The smallest absolute Gasteiger partial charge is 0.315 e. The second kappa shape index (κ2) is 14.1. The van der Waals surface area contributed by atoms with Crippen LogP contribution < -0.4 is 21.7 Å². The number of hydrogen-bond donors (Lipinski definition) is 4. The number of hydrogen-bond acceptors (Lipinski definition) is 5. The third kappa shape index (κ3) is 8.10. The third-order valence-corrected chi connectivity index (χ3v) is 10.8. The molecule has 2 aliphatic carbocycles. The highest BCUT2D eigenvalue weighted by atomic mass is 16.2. The molecule has 1 heterocycles. The van der Waals surface area contributed by atoms with Gasteiger partial charge in [-0.2, -0.15) is 0 Å². The lowest BCUT2D eigenvalue weighted by Gasteiger charge is -2.38. The van der Waals surface area contributed by atoms with Gasteiger partial charge in [-0.05, 0) is 65.7 Å². The first kappa shape index (κ1) is 35.4. The molecule has 2 unspecified atom stereocenters. The van der Waals surface area contributed by atoms with Crippen molar-refractivity contribution in [2.24, 2.45) is 40.2 Å². The van der Waals surface area contributed by atoms with E-state index in [1.165, 1.54) is 5.56 Å². The average molecular weight is 638 g/mol. The maximum absolute atomic E-state index is 14.3. The maximum Gasteiger partial charge on any atom is 0.315 e. The summed E-state index contributed by atoms with van der Waals surface area (Å²) in [6, 6.07) is 7.06.